The first-order valence-corrected chi connectivity index (χ1v) is 8.37. The SMILES string of the molecule is C#CCOCCOCCOCCOCCN1C[C@@H](C)C[C@H]1CO. The van der Waals surface area contributed by atoms with Crippen LogP contribution < -0.4 is 0 Å². The largest absolute Gasteiger partial charge is 0.395 e. The Labute approximate surface area is 140 Å². The molecule has 0 spiro atoms. The highest BCUT2D eigenvalue weighted by molar-refractivity contribution is 4.83. The van der Waals surface area contributed by atoms with E-state index in [2.05, 4.69) is 17.7 Å². The fourth-order valence-corrected chi connectivity index (χ4v) is 2.67. The maximum Gasteiger partial charge on any atom is 0.107 e. The predicted octanol–water partition coefficient (Wildman–Crippen LogP) is 0.389. The van der Waals surface area contributed by atoms with E-state index in [4.69, 9.17) is 25.4 Å². The molecule has 0 unspecified atom stereocenters. The summed E-state index contributed by atoms with van der Waals surface area (Å²) in [5.74, 6) is 3.06. The number of terminal acetylenes is 1. The molecule has 1 heterocycles. The molecular formula is C17H31NO5. The van der Waals surface area contributed by atoms with Crippen LogP contribution in [-0.2, 0) is 18.9 Å². The van der Waals surface area contributed by atoms with Crippen LogP contribution in [0.4, 0.5) is 0 Å². The molecule has 1 fully saturated rings. The standard InChI is InChI=1S/C17H31NO5/c1-3-5-20-7-9-22-11-12-23-10-8-21-6-4-18-14-16(2)13-17(18)15-19/h1,16-17,19H,4-15H2,2H3/t16-,17-/m0/s1. The second-order valence-corrected chi connectivity index (χ2v) is 5.77. The minimum absolute atomic E-state index is 0.237. The molecule has 6 heteroatoms. The highest BCUT2D eigenvalue weighted by Gasteiger charge is 2.28. The first-order chi connectivity index (χ1) is 11.3. The monoisotopic (exact) mass is 329 g/mol. The van der Waals surface area contributed by atoms with Crippen molar-refractivity contribution in [1.82, 2.24) is 4.90 Å². The predicted molar refractivity (Wildman–Crippen MR) is 88.3 cm³/mol. The van der Waals surface area contributed by atoms with Crippen molar-refractivity contribution in [1.29, 1.82) is 0 Å². The Balaban J connectivity index is 1.81. The van der Waals surface area contributed by atoms with E-state index in [9.17, 15) is 5.11 Å². The van der Waals surface area contributed by atoms with Gasteiger partial charge in [-0.3, -0.25) is 4.90 Å². The number of aliphatic hydroxyl groups excluding tert-OH is 1. The van der Waals surface area contributed by atoms with Crippen LogP contribution in [-0.4, -0.2) is 88.6 Å². The molecule has 1 aliphatic heterocycles. The second kappa shape index (κ2) is 13.7. The van der Waals surface area contributed by atoms with E-state index in [0.29, 0.717) is 64.8 Å². The molecular weight excluding hydrogens is 298 g/mol. The van der Waals surface area contributed by atoms with Crippen LogP contribution in [0.25, 0.3) is 0 Å². The van der Waals surface area contributed by atoms with Gasteiger partial charge in [0, 0.05) is 19.1 Å². The molecule has 1 aliphatic rings. The van der Waals surface area contributed by atoms with Crippen molar-refractivity contribution in [2.24, 2.45) is 5.92 Å². The number of aliphatic hydroxyl groups is 1. The maximum atomic E-state index is 9.33. The zero-order chi connectivity index (χ0) is 16.8. The molecule has 134 valence electrons. The molecule has 23 heavy (non-hydrogen) atoms. The molecule has 0 aromatic rings. The van der Waals surface area contributed by atoms with Gasteiger partial charge in [0.25, 0.3) is 0 Å². The summed E-state index contributed by atoms with van der Waals surface area (Å²) in [6.45, 7) is 8.67. The van der Waals surface area contributed by atoms with Gasteiger partial charge in [-0.05, 0) is 12.3 Å². The van der Waals surface area contributed by atoms with Gasteiger partial charge in [-0.1, -0.05) is 12.8 Å². The molecule has 0 radical (unpaired) electrons. The summed E-state index contributed by atoms with van der Waals surface area (Å²) in [6, 6.07) is 0.298. The number of hydrogen-bond acceptors (Lipinski definition) is 6. The molecule has 0 bridgehead atoms. The molecule has 1 rings (SSSR count). The molecule has 0 aromatic heterocycles. The lowest BCUT2D eigenvalue weighted by atomic mass is 10.1. The zero-order valence-corrected chi connectivity index (χ0v) is 14.2. The van der Waals surface area contributed by atoms with Crippen molar-refractivity contribution < 1.29 is 24.1 Å². The quantitative estimate of drug-likeness (QED) is 0.367. The van der Waals surface area contributed by atoms with Crippen LogP contribution in [0.15, 0.2) is 0 Å². The Morgan fingerprint density at radius 1 is 1.00 bits per heavy atom. The van der Waals surface area contributed by atoms with E-state index < -0.39 is 0 Å². The lowest BCUT2D eigenvalue weighted by Crippen LogP contribution is -2.35. The van der Waals surface area contributed by atoms with E-state index in [0.717, 1.165) is 19.5 Å². The van der Waals surface area contributed by atoms with Gasteiger partial charge in [-0.25, -0.2) is 0 Å². The van der Waals surface area contributed by atoms with Gasteiger partial charge in [0.05, 0.1) is 52.9 Å². The minimum atomic E-state index is 0.237. The van der Waals surface area contributed by atoms with Gasteiger partial charge in [0.15, 0.2) is 0 Å². The lowest BCUT2D eigenvalue weighted by Gasteiger charge is -2.22. The summed E-state index contributed by atoms with van der Waals surface area (Å²) in [4.78, 5) is 2.31. The summed E-state index contributed by atoms with van der Waals surface area (Å²) in [6.07, 6.45) is 6.13. The molecule has 0 aromatic carbocycles. The molecule has 0 saturated carbocycles. The van der Waals surface area contributed by atoms with Crippen LogP contribution >= 0.6 is 0 Å². The third-order valence-electron chi connectivity index (χ3n) is 3.77. The maximum absolute atomic E-state index is 9.33. The Kier molecular flexibility index (Phi) is 12.2. The third kappa shape index (κ3) is 9.92. The fraction of sp³-hybridized carbons (Fsp3) is 0.882. The molecule has 1 saturated heterocycles. The van der Waals surface area contributed by atoms with E-state index in [-0.39, 0.29) is 6.61 Å². The normalized spacial score (nSPS) is 21.6. The zero-order valence-electron chi connectivity index (χ0n) is 14.2. The summed E-state index contributed by atoms with van der Waals surface area (Å²) >= 11 is 0. The molecule has 6 nitrogen and oxygen atoms in total. The minimum Gasteiger partial charge on any atom is -0.395 e. The summed E-state index contributed by atoms with van der Waals surface area (Å²) < 4.78 is 21.4. The average molecular weight is 329 g/mol. The Morgan fingerprint density at radius 2 is 1.57 bits per heavy atom. The number of likely N-dealkylation sites (tertiary alicyclic amines) is 1. The molecule has 1 N–H and O–H groups in total. The van der Waals surface area contributed by atoms with Crippen LogP contribution in [0.2, 0.25) is 0 Å². The Hall–Kier alpha value is -0.680. The van der Waals surface area contributed by atoms with Gasteiger partial charge >= 0.3 is 0 Å². The smallest absolute Gasteiger partial charge is 0.107 e. The molecule has 2 atom stereocenters. The van der Waals surface area contributed by atoms with Crippen molar-refractivity contribution >= 4 is 0 Å². The van der Waals surface area contributed by atoms with Gasteiger partial charge in [0.1, 0.15) is 6.61 Å². The van der Waals surface area contributed by atoms with Crippen molar-refractivity contribution in [3.05, 3.63) is 0 Å². The first kappa shape index (κ1) is 20.4. The van der Waals surface area contributed by atoms with Crippen LogP contribution in [0.1, 0.15) is 13.3 Å². The molecule has 0 aliphatic carbocycles. The van der Waals surface area contributed by atoms with Crippen LogP contribution in [0.5, 0.6) is 0 Å². The van der Waals surface area contributed by atoms with Crippen molar-refractivity contribution in [3.63, 3.8) is 0 Å². The fourth-order valence-electron chi connectivity index (χ4n) is 2.67. The summed E-state index contributed by atoms with van der Waals surface area (Å²) in [5, 5.41) is 9.33. The second-order valence-electron chi connectivity index (χ2n) is 5.77. The Morgan fingerprint density at radius 3 is 2.13 bits per heavy atom. The van der Waals surface area contributed by atoms with Crippen molar-refractivity contribution in [2.45, 2.75) is 19.4 Å². The van der Waals surface area contributed by atoms with Gasteiger partial charge in [0.2, 0.25) is 0 Å². The average Bonchev–Trinajstić information content (AvgIpc) is 2.91. The van der Waals surface area contributed by atoms with Crippen LogP contribution in [0, 0.1) is 18.3 Å². The van der Waals surface area contributed by atoms with Crippen molar-refractivity contribution in [3.8, 4) is 12.3 Å². The topological polar surface area (TPSA) is 60.4 Å². The van der Waals surface area contributed by atoms with Gasteiger partial charge < -0.3 is 24.1 Å². The van der Waals surface area contributed by atoms with E-state index >= 15 is 0 Å². The van der Waals surface area contributed by atoms with Gasteiger partial charge in [-0.15, -0.1) is 6.42 Å². The van der Waals surface area contributed by atoms with E-state index in [1.54, 1.807) is 0 Å². The first-order valence-electron chi connectivity index (χ1n) is 8.37. The van der Waals surface area contributed by atoms with E-state index in [1.807, 2.05) is 0 Å². The molecule has 0 amide bonds. The van der Waals surface area contributed by atoms with Crippen molar-refractivity contribution in [2.75, 3.05) is 72.6 Å². The van der Waals surface area contributed by atoms with Crippen LogP contribution in [0.3, 0.4) is 0 Å². The summed E-state index contributed by atoms with van der Waals surface area (Å²) in [5.41, 5.74) is 0. The third-order valence-corrected chi connectivity index (χ3v) is 3.77. The summed E-state index contributed by atoms with van der Waals surface area (Å²) in [7, 11) is 0. The number of nitrogens with zero attached hydrogens (tertiary/aromatic N) is 1. The lowest BCUT2D eigenvalue weighted by molar-refractivity contribution is -0.00213. The number of rotatable bonds is 14. The van der Waals surface area contributed by atoms with E-state index in [1.165, 1.54) is 0 Å². The number of hydrogen-bond donors (Lipinski definition) is 1. The highest BCUT2D eigenvalue weighted by Crippen LogP contribution is 2.21. The Bertz CT molecular complexity index is 321. The van der Waals surface area contributed by atoms with Gasteiger partial charge in [-0.2, -0.15) is 0 Å². The number of ether oxygens (including phenoxy) is 4. The highest BCUT2D eigenvalue weighted by atomic mass is 16.6.